The summed E-state index contributed by atoms with van der Waals surface area (Å²) < 4.78 is 1.85. The molecule has 2 heterocycles. The Morgan fingerprint density at radius 3 is 2.85 bits per heavy atom. The Bertz CT molecular complexity index is 308. The summed E-state index contributed by atoms with van der Waals surface area (Å²) in [6, 6.07) is 0. The second kappa shape index (κ2) is 3.12. The minimum Gasteiger partial charge on any atom is -0.391 e. The molecule has 1 saturated heterocycles. The molecule has 1 aliphatic rings. The average molecular weight is 181 g/mol. The fourth-order valence-electron chi connectivity index (χ4n) is 1.86. The van der Waals surface area contributed by atoms with Crippen molar-refractivity contribution >= 4 is 0 Å². The lowest BCUT2D eigenvalue weighted by Gasteiger charge is -2.12. The van der Waals surface area contributed by atoms with Crippen LogP contribution in [0.3, 0.4) is 0 Å². The summed E-state index contributed by atoms with van der Waals surface area (Å²) in [4.78, 5) is 0. The number of aromatic nitrogens is 2. The van der Waals surface area contributed by atoms with E-state index in [1.54, 1.807) is 0 Å². The summed E-state index contributed by atoms with van der Waals surface area (Å²) >= 11 is 0. The molecule has 2 N–H and O–H groups in total. The van der Waals surface area contributed by atoms with E-state index in [1.807, 2.05) is 24.9 Å². The molecule has 72 valence electrons. The first-order valence-electron chi connectivity index (χ1n) is 4.57. The zero-order chi connectivity index (χ0) is 9.42. The highest BCUT2D eigenvalue weighted by molar-refractivity contribution is 5.24. The molecule has 1 aromatic rings. The van der Waals surface area contributed by atoms with Gasteiger partial charge in [-0.15, -0.1) is 0 Å². The molecule has 0 aliphatic carbocycles. The Balaban J connectivity index is 2.29. The topological polar surface area (TPSA) is 50.1 Å². The number of β-amino-alcohol motifs (C(OH)–C–C–N with tert-alkyl or cyclic N) is 1. The summed E-state index contributed by atoms with van der Waals surface area (Å²) in [6.07, 6.45) is 1.60. The Morgan fingerprint density at radius 1 is 1.62 bits per heavy atom. The van der Waals surface area contributed by atoms with Crippen LogP contribution in [-0.4, -0.2) is 34.1 Å². The van der Waals surface area contributed by atoms with Crippen LogP contribution in [0, 0.1) is 6.92 Å². The highest BCUT2D eigenvalue weighted by Crippen LogP contribution is 2.24. The molecule has 0 saturated carbocycles. The first-order valence-corrected chi connectivity index (χ1v) is 4.57. The predicted molar refractivity (Wildman–Crippen MR) is 49.6 cm³/mol. The minimum absolute atomic E-state index is 0.216. The van der Waals surface area contributed by atoms with E-state index >= 15 is 0 Å². The summed E-state index contributed by atoms with van der Waals surface area (Å²) in [5.41, 5.74) is 2.31. The van der Waals surface area contributed by atoms with Crippen LogP contribution in [0.15, 0.2) is 6.20 Å². The third-order valence-corrected chi connectivity index (χ3v) is 2.85. The summed E-state index contributed by atoms with van der Waals surface area (Å²) in [6.45, 7) is 3.58. The maximum absolute atomic E-state index is 9.68. The third kappa shape index (κ3) is 1.36. The monoisotopic (exact) mass is 181 g/mol. The Labute approximate surface area is 77.6 Å². The molecule has 2 rings (SSSR count). The number of aliphatic hydroxyl groups excluding tert-OH is 1. The van der Waals surface area contributed by atoms with E-state index < -0.39 is 0 Å². The summed E-state index contributed by atoms with van der Waals surface area (Å²) in [7, 11) is 1.92. The average Bonchev–Trinajstić information content (AvgIpc) is 2.62. The van der Waals surface area contributed by atoms with Gasteiger partial charge in [0.05, 0.1) is 12.3 Å². The fourth-order valence-corrected chi connectivity index (χ4v) is 1.86. The Morgan fingerprint density at radius 2 is 2.38 bits per heavy atom. The molecule has 0 bridgehead atoms. The van der Waals surface area contributed by atoms with Crippen molar-refractivity contribution in [3.05, 3.63) is 17.5 Å². The van der Waals surface area contributed by atoms with Crippen molar-refractivity contribution in [2.75, 3.05) is 13.1 Å². The molecule has 1 fully saturated rings. The SMILES string of the molecule is Cc1c([C@@H]2CNC[C@H]2O)cnn1C. The maximum atomic E-state index is 9.68. The van der Waals surface area contributed by atoms with E-state index in [1.165, 1.54) is 5.56 Å². The standard InChI is InChI=1S/C9H15N3O/c1-6-7(4-11-12(6)2)8-3-10-5-9(8)13/h4,8-10,13H,3,5H2,1-2H3/t8-,9+/m0/s1. The largest absolute Gasteiger partial charge is 0.391 e. The molecule has 0 aromatic carbocycles. The van der Waals surface area contributed by atoms with Crippen molar-refractivity contribution in [1.82, 2.24) is 15.1 Å². The van der Waals surface area contributed by atoms with Crippen LogP contribution >= 0.6 is 0 Å². The van der Waals surface area contributed by atoms with Crippen LogP contribution in [-0.2, 0) is 7.05 Å². The molecule has 4 heteroatoms. The van der Waals surface area contributed by atoms with Crippen molar-refractivity contribution in [2.45, 2.75) is 18.9 Å². The van der Waals surface area contributed by atoms with Gasteiger partial charge in [-0.2, -0.15) is 5.10 Å². The molecule has 0 unspecified atom stereocenters. The third-order valence-electron chi connectivity index (χ3n) is 2.85. The highest BCUT2D eigenvalue weighted by atomic mass is 16.3. The second-order valence-corrected chi connectivity index (χ2v) is 3.64. The molecule has 13 heavy (non-hydrogen) atoms. The van der Waals surface area contributed by atoms with E-state index in [4.69, 9.17) is 0 Å². The van der Waals surface area contributed by atoms with E-state index in [-0.39, 0.29) is 12.0 Å². The van der Waals surface area contributed by atoms with Crippen molar-refractivity contribution in [2.24, 2.45) is 7.05 Å². The second-order valence-electron chi connectivity index (χ2n) is 3.64. The van der Waals surface area contributed by atoms with Gasteiger partial charge in [-0.3, -0.25) is 4.68 Å². The van der Waals surface area contributed by atoms with E-state index in [2.05, 4.69) is 10.4 Å². The van der Waals surface area contributed by atoms with E-state index in [9.17, 15) is 5.11 Å². The van der Waals surface area contributed by atoms with Crippen molar-refractivity contribution < 1.29 is 5.11 Å². The summed E-state index contributed by atoms with van der Waals surface area (Å²) in [5.74, 6) is 0.216. The first-order chi connectivity index (χ1) is 6.20. The zero-order valence-electron chi connectivity index (χ0n) is 7.99. The molecular weight excluding hydrogens is 166 g/mol. The molecule has 1 aliphatic heterocycles. The van der Waals surface area contributed by atoms with Crippen LogP contribution in [0.2, 0.25) is 0 Å². The van der Waals surface area contributed by atoms with Gasteiger partial charge in [-0.25, -0.2) is 0 Å². The maximum Gasteiger partial charge on any atom is 0.0746 e. The molecule has 0 amide bonds. The first kappa shape index (κ1) is 8.72. The molecule has 2 atom stereocenters. The van der Waals surface area contributed by atoms with E-state index in [0.717, 1.165) is 12.2 Å². The highest BCUT2D eigenvalue weighted by Gasteiger charge is 2.28. The van der Waals surface area contributed by atoms with Gasteiger partial charge < -0.3 is 10.4 Å². The zero-order valence-corrected chi connectivity index (χ0v) is 7.99. The van der Waals surface area contributed by atoms with Crippen LogP contribution in [0.1, 0.15) is 17.2 Å². The number of hydrogen-bond donors (Lipinski definition) is 2. The van der Waals surface area contributed by atoms with Crippen LogP contribution in [0.25, 0.3) is 0 Å². The lowest BCUT2D eigenvalue weighted by molar-refractivity contribution is 0.177. The van der Waals surface area contributed by atoms with Crippen LogP contribution in [0.5, 0.6) is 0 Å². The van der Waals surface area contributed by atoms with Gasteiger partial charge in [0.25, 0.3) is 0 Å². The number of rotatable bonds is 1. The molecule has 0 spiro atoms. The number of nitrogens with zero attached hydrogens (tertiary/aromatic N) is 2. The van der Waals surface area contributed by atoms with Crippen molar-refractivity contribution in [3.63, 3.8) is 0 Å². The fraction of sp³-hybridized carbons (Fsp3) is 0.667. The normalized spacial score (nSPS) is 28.2. The quantitative estimate of drug-likeness (QED) is 0.629. The number of nitrogens with one attached hydrogen (secondary N) is 1. The van der Waals surface area contributed by atoms with Gasteiger partial charge in [0, 0.05) is 31.7 Å². The smallest absolute Gasteiger partial charge is 0.0746 e. The van der Waals surface area contributed by atoms with E-state index in [0.29, 0.717) is 6.54 Å². The van der Waals surface area contributed by atoms with Crippen molar-refractivity contribution in [3.8, 4) is 0 Å². The summed E-state index contributed by atoms with van der Waals surface area (Å²) in [5, 5.41) is 17.0. The van der Waals surface area contributed by atoms with Crippen molar-refractivity contribution in [1.29, 1.82) is 0 Å². The van der Waals surface area contributed by atoms with Gasteiger partial charge >= 0.3 is 0 Å². The van der Waals surface area contributed by atoms with Gasteiger partial charge in [-0.05, 0) is 12.5 Å². The Kier molecular flexibility index (Phi) is 2.09. The number of aryl methyl sites for hydroxylation is 1. The molecule has 4 nitrogen and oxygen atoms in total. The van der Waals surface area contributed by atoms with Gasteiger partial charge in [0.2, 0.25) is 0 Å². The lowest BCUT2D eigenvalue weighted by atomic mass is 9.97. The van der Waals surface area contributed by atoms with Gasteiger partial charge in [0.1, 0.15) is 0 Å². The van der Waals surface area contributed by atoms with Gasteiger partial charge in [0.15, 0.2) is 0 Å². The molecule has 0 radical (unpaired) electrons. The minimum atomic E-state index is -0.261. The van der Waals surface area contributed by atoms with Crippen LogP contribution < -0.4 is 5.32 Å². The lowest BCUT2D eigenvalue weighted by Crippen LogP contribution is -2.16. The predicted octanol–water partition coefficient (Wildman–Crippen LogP) is -0.224. The number of hydrogen-bond acceptors (Lipinski definition) is 3. The number of aliphatic hydroxyl groups is 1. The molecular formula is C9H15N3O. The molecule has 1 aromatic heterocycles. The Hall–Kier alpha value is -0.870. The van der Waals surface area contributed by atoms with Gasteiger partial charge in [-0.1, -0.05) is 0 Å². The van der Waals surface area contributed by atoms with Crippen LogP contribution in [0.4, 0.5) is 0 Å².